The van der Waals surface area contributed by atoms with Crippen molar-refractivity contribution >= 4 is 5.97 Å². The highest BCUT2D eigenvalue weighted by Gasteiger charge is 2.48. The van der Waals surface area contributed by atoms with Crippen LogP contribution in [-0.4, -0.2) is 29.1 Å². The number of carbonyl (C=O) groups is 1. The standard InChI is InChI=1S/C23H29NO2/c1-5-17-16-24(21(17)22(25)26-23(2,3)4)20(18-12-8-6-9-13-18)19-14-10-7-11-15-19/h6-15,17,20-21H,5,16H2,1-4H3. The lowest BCUT2D eigenvalue weighted by molar-refractivity contribution is -0.174. The second-order valence-electron chi connectivity index (χ2n) is 8.07. The molecule has 0 bridgehead atoms. The average Bonchev–Trinajstić information content (AvgIpc) is 2.58. The summed E-state index contributed by atoms with van der Waals surface area (Å²) in [6.45, 7) is 8.86. The molecule has 2 unspecified atom stereocenters. The predicted octanol–water partition coefficient (Wildman–Crippen LogP) is 4.83. The van der Waals surface area contributed by atoms with Gasteiger partial charge in [0.15, 0.2) is 0 Å². The van der Waals surface area contributed by atoms with E-state index in [2.05, 4.69) is 60.4 Å². The summed E-state index contributed by atoms with van der Waals surface area (Å²) in [7, 11) is 0. The summed E-state index contributed by atoms with van der Waals surface area (Å²) >= 11 is 0. The topological polar surface area (TPSA) is 29.5 Å². The van der Waals surface area contributed by atoms with E-state index >= 15 is 0 Å². The van der Waals surface area contributed by atoms with Gasteiger partial charge in [-0.15, -0.1) is 0 Å². The van der Waals surface area contributed by atoms with Gasteiger partial charge in [0.2, 0.25) is 0 Å². The Hall–Kier alpha value is -2.13. The number of nitrogens with zero attached hydrogens (tertiary/aromatic N) is 1. The number of carbonyl (C=O) groups excluding carboxylic acids is 1. The molecule has 3 heteroatoms. The lowest BCUT2D eigenvalue weighted by atomic mass is 9.81. The van der Waals surface area contributed by atoms with E-state index in [0.717, 1.165) is 13.0 Å². The first kappa shape index (κ1) is 18.7. The van der Waals surface area contributed by atoms with Gasteiger partial charge in [-0.05, 0) is 37.8 Å². The summed E-state index contributed by atoms with van der Waals surface area (Å²) in [6.07, 6.45) is 0.983. The first-order valence-electron chi connectivity index (χ1n) is 9.49. The predicted molar refractivity (Wildman–Crippen MR) is 105 cm³/mol. The summed E-state index contributed by atoms with van der Waals surface area (Å²) in [5.74, 6) is 0.243. The van der Waals surface area contributed by atoms with Crippen molar-refractivity contribution in [3.63, 3.8) is 0 Å². The van der Waals surface area contributed by atoms with Crippen LogP contribution in [0.15, 0.2) is 60.7 Å². The van der Waals surface area contributed by atoms with Crippen LogP contribution in [-0.2, 0) is 9.53 Å². The summed E-state index contributed by atoms with van der Waals surface area (Å²) in [5, 5.41) is 0. The van der Waals surface area contributed by atoms with Gasteiger partial charge < -0.3 is 4.74 Å². The molecule has 2 aromatic rings. The Labute approximate surface area is 157 Å². The molecule has 0 N–H and O–H groups in total. The Bertz CT molecular complexity index is 681. The monoisotopic (exact) mass is 351 g/mol. The molecule has 2 aromatic carbocycles. The molecule has 0 saturated carbocycles. The number of hydrogen-bond donors (Lipinski definition) is 0. The van der Waals surface area contributed by atoms with Crippen LogP contribution in [0.2, 0.25) is 0 Å². The fourth-order valence-corrected chi connectivity index (χ4v) is 3.77. The largest absolute Gasteiger partial charge is 0.459 e. The molecular formula is C23H29NO2. The Balaban J connectivity index is 1.94. The number of hydrogen-bond acceptors (Lipinski definition) is 3. The van der Waals surface area contributed by atoms with Crippen LogP contribution in [0.4, 0.5) is 0 Å². The van der Waals surface area contributed by atoms with Crippen molar-refractivity contribution in [3.8, 4) is 0 Å². The molecule has 1 aliphatic heterocycles. The second-order valence-corrected chi connectivity index (χ2v) is 8.07. The van der Waals surface area contributed by atoms with Crippen LogP contribution in [0.1, 0.15) is 51.3 Å². The van der Waals surface area contributed by atoms with Crippen molar-refractivity contribution in [1.29, 1.82) is 0 Å². The van der Waals surface area contributed by atoms with E-state index in [4.69, 9.17) is 4.74 Å². The molecule has 138 valence electrons. The van der Waals surface area contributed by atoms with E-state index in [1.807, 2.05) is 32.9 Å². The van der Waals surface area contributed by atoms with Gasteiger partial charge in [0.25, 0.3) is 0 Å². The molecule has 3 nitrogen and oxygen atoms in total. The number of ether oxygens (including phenoxy) is 1. The van der Waals surface area contributed by atoms with Crippen molar-refractivity contribution in [2.45, 2.75) is 51.8 Å². The smallest absolute Gasteiger partial charge is 0.324 e. The third-order valence-electron chi connectivity index (χ3n) is 4.98. The zero-order valence-corrected chi connectivity index (χ0v) is 16.2. The number of esters is 1. The first-order valence-corrected chi connectivity index (χ1v) is 9.49. The lowest BCUT2D eigenvalue weighted by Gasteiger charge is -2.51. The van der Waals surface area contributed by atoms with E-state index in [1.165, 1.54) is 11.1 Å². The van der Waals surface area contributed by atoms with Gasteiger partial charge in [-0.2, -0.15) is 0 Å². The molecule has 0 amide bonds. The highest BCUT2D eigenvalue weighted by molar-refractivity contribution is 5.78. The minimum Gasteiger partial charge on any atom is -0.459 e. The van der Waals surface area contributed by atoms with Crippen molar-refractivity contribution in [3.05, 3.63) is 71.8 Å². The number of rotatable bonds is 5. The van der Waals surface area contributed by atoms with Crippen LogP contribution in [0.5, 0.6) is 0 Å². The highest BCUT2D eigenvalue weighted by Crippen LogP contribution is 2.40. The van der Waals surface area contributed by atoms with Gasteiger partial charge in [0.1, 0.15) is 11.6 Å². The molecule has 1 aliphatic rings. The molecule has 0 spiro atoms. The highest BCUT2D eigenvalue weighted by atomic mass is 16.6. The van der Waals surface area contributed by atoms with Crippen molar-refractivity contribution in [2.75, 3.05) is 6.54 Å². The fourth-order valence-electron chi connectivity index (χ4n) is 3.77. The first-order chi connectivity index (χ1) is 12.4. The van der Waals surface area contributed by atoms with Gasteiger partial charge in [-0.1, -0.05) is 74.0 Å². The molecule has 0 aromatic heterocycles. The molecule has 0 aliphatic carbocycles. The minimum absolute atomic E-state index is 0.0673. The van der Waals surface area contributed by atoms with Gasteiger partial charge in [-0.25, -0.2) is 0 Å². The lowest BCUT2D eigenvalue weighted by Crippen LogP contribution is -2.62. The summed E-state index contributed by atoms with van der Waals surface area (Å²) in [6, 6.07) is 20.7. The maximum atomic E-state index is 12.9. The van der Waals surface area contributed by atoms with Gasteiger partial charge in [0.05, 0.1) is 6.04 Å². The quantitative estimate of drug-likeness (QED) is 0.723. The third-order valence-corrected chi connectivity index (χ3v) is 4.98. The van der Waals surface area contributed by atoms with E-state index in [0.29, 0.717) is 5.92 Å². The minimum atomic E-state index is -0.467. The molecule has 0 radical (unpaired) electrons. The zero-order chi connectivity index (χ0) is 18.7. The van der Waals surface area contributed by atoms with Crippen molar-refractivity contribution in [2.24, 2.45) is 5.92 Å². The van der Waals surface area contributed by atoms with Crippen LogP contribution < -0.4 is 0 Å². The summed E-state index contributed by atoms with van der Waals surface area (Å²) < 4.78 is 5.75. The number of benzene rings is 2. The summed E-state index contributed by atoms with van der Waals surface area (Å²) in [4.78, 5) is 15.2. The Kier molecular flexibility index (Phi) is 5.47. The number of likely N-dealkylation sites (tertiary alicyclic amines) is 1. The Morgan fingerprint density at radius 1 is 1.04 bits per heavy atom. The zero-order valence-electron chi connectivity index (χ0n) is 16.2. The summed E-state index contributed by atoms with van der Waals surface area (Å²) in [5.41, 5.74) is 1.95. The molecule has 1 heterocycles. The van der Waals surface area contributed by atoms with E-state index in [9.17, 15) is 4.79 Å². The van der Waals surface area contributed by atoms with Crippen molar-refractivity contribution in [1.82, 2.24) is 4.90 Å². The van der Waals surface area contributed by atoms with Gasteiger partial charge in [-0.3, -0.25) is 9.69 Å². The molecule has 1 saturated heterocycles. The van der Waals surface area contributed by atoms with E-state index in [-0.39, 0.29) is 18.1 Å². The fraction of sp³-hybridized carbons (Fsp3) is 0.435. The second kappa shape index (κ2) is 7.63. The molecule has 1 fully saturated rings. The van der Waals surface area contributed by atoms with Gasteiger partial charge >= 0.3 is 5.97 Å². The molecule has 2 atom stereocenters. The maximum Gasteiger partial charge on any atom is 0.324 e. The molecule has 26 heavy (non-hydrogen) atoms. The van der Waals surface area contributed by atoms with Crippen LogP contribution in [0.3, 0.4) is 0 Å². The van der Waals surface area contributed by atoms with Crippen LogP contribution >= 0.6 is 0 Å². The molecular weight excluding hydrogens is 322 g/mol. The average molecular weight is 351 g/mol. The Morgan fingerprint density at radius 2 is 1.54 bits per heavy atom. The normalized spacial score (nSPS) is 20.7. The Morgan fingerprint density at radius 3 is 1.96 bits per heavy atom. The van der Waals surface area contributed by atoms with Gasteiger partial charge in [0, 0.05) is 6.54 Å². The van der Waals surface area contributed by atoms with Crippen molar-refractivity contribution < 1.29 is 9.53 Å². The molecule has 3 rings (SSSR count). The van der Waals surface area contributed by atoms with Crippen LogP contribution in [0.25, 0.3) is 0 Å². The SMILES string of the molecule is CCC1CN(C(c2ccccc2)c2ccccc2)C1C(=O)OC(C)(C)C. The maximum absolute atomic E-state index is 12.9. The third kappa shape index (κ3) is 3.99. The van der Waals surface area contributed by atoms with Crippen LogP contribution in [0, 0.1) is 5.92 Å². The van der Waals surface area contributed by atoms with E-state index in [1.54, 1.807) is 0 Å². The van der Waals surface area contributed by atoms with E-state index < -0.39 is 5.60 Å².